The maximum atomic E-state index is 9.68. The first kappa shape index (κ1) is 9.96. The minimum atomic E-state index is -0.184. The van der Waals surface area contributed by atoms with Crippen molar-refractivity contribution in [2.24, 2.45) is 5.92 Å². The summed E-state index contributed by atoms with van der Waals surface area (Å²) in [6, 6.07) is 0. The molecular weight excluding hydrogens is 154 g/mol. The highest BCUT2D eigenvalue weighted by molar-refractivity contribution is 4.82. The van der Waals surface area contributed by atoms with E-state index in [4.69, 9.17) is 4.74 Å². The number of rotatable bonds is 2. The second-order valence-electron chi connectivity index (χ2n) is 3.72. The third kappa shape index (κ3) is 2.19. The van der Waals surface area contributed by atoms with Crippen LogP contribution in [0.15, 0.2) is 0 Å². The van der Waals surface area contributed by atoms with Gasteiger partial charge in [0.15, 0.2) is 0 Å². The Balaban J connectivity index is 2.48. The Morgan fingerprint density at radius 2 is 2.25 bits per heavy atom. The van der Waals surface area contributed by atoms with Crippen molar-refractivity contribution in [3.63, 3.8) is 0 Å². The van der Waals surface area contributed by atoms with Crippen LogP contribution in [-0.4, -0.2) is 49.5 Å². The molecule has 12 heavy (non-hydrogen) atoms. The van der Waals surface area contributed by atoms with Gasteiger partial charge in [0.2, 0.25) is 0 Å². The summed E-state index contributed by atoms with van der Waals surface area (Å²) in [6.07, 6.45) is 0.841. The monoisotopic (exact) mass is 173 g/mol. The second-order valence-corrected chi connectivity index (χ2v) is 3.72. The molecule has 0 amide bonds. The molecule has 0 aromatic carbocycles. The third-order valence-corrected chi connectivity index (χ3v) is 2.80. The molecule has 0 bridgehead atoms. The molecule has 1 aliphatic rings. The molecule has 3 heteroatoms. The number of methoxy groups -OCH3 is 1. The van der Waals surface area contributed by atoms with E-state index in [1.807, 2.05) is 6.92 Å². The number of likely N-dealkylation sites (tertiary alicyclic amines) is 1. The highest BCUT2D eigenvalue weighted by atomic mass is 16.5. The topological polar surface area (TPSA) is 32.7 Å². The molecule has 1 aliphatic heterocycles. The fraction of sp³-hybridized carbons (Fsp3) is 1.00. The van der Waals surface area contributed by atoms with Crippen molar-refractivity contribution < 1.29 is 9.84 Å². The summed E-state index contributed by atoms with van der Waals surface area (Å²) in [6.45, 7) is 3.96. The summed E-state index contributed by atoms with van der Waals surface area (Å²) < 4.78 is 5.22. The smallest absolute Gasteiger partial charge is 0.0617 e. The average Bonchev–Trinajstić information content (AvgIpc) is 2.08. The van der Waals surface area contributed by atoms with Gasteiger partial charge in [0.1, 0.15) is 0 Å². The quantitative estimate of drug-likeness (QED) is 0.653. The number of ether oxygens (including phenoxy) is 1. The van der Waals surface area contributed by atoms with Crippen molar-refractivity contribution >= 4 is 0 Å². The maximum absolute atomic E-state index is 9.68. The van der Waals surface area contributed by atoms with E-state index in [-0.39, 0.29) is 18.1 Å². The molecule has 1 rings (SSSR count). The molecule has 0 aliphatic carbocycles. The molecule has 3 atom stereocenters. The largest absolute Gasteiger partial charge is 0.393 e. The van der Waals surface area contributed by atoms with Gasteiger partial charge in [-0.15, -0.1) is 0 Å². The van der Waals surface area contributed by atoms with E-state index in [0.29, 0.717) is 0 Å². The fourth-order valence-corrected chi connectivity index (χ4v) is 1.78. The first-order valence-corrected chi connectivity index (χ1v) is 4.54. The van der Waals surface area contributed by atoms with Gasteiger partial charge in [-0.25, -0.2) is 0 Å². The summed E-state index contributed by atoms with van der Waals surface area (Å²) >= 11 is 0. The summed E-state index contributed by atoms with van der Waals surface area (Å²) in [5.41, 5.74) is 0. The summed E-state index contributed by atoms with van der Waals surface area (Å²) in [5, 5.41) is 9.68. The van der Waals surface area contributed by atoms with E-state index < -0.39 is 0 Å². The predicted molar refractivity (Wildman–Crippen MR) is 48.1 cm³/mol. The van der Waals surface area contributed by atoms with Crippen molar-refractivity contribution in [2.45, 2.75) is 25.6 Å². The summed E-state index contributed by atoms with van der Waals surface area (Å²) in [5.74, 6) is 0.272. The Morgan fingerprint density at radius 1 is 1.58 bits per heavy atom. The van der Waals surface area contributed by atoms with E-state index in [2.05, 4.69) is 11.9 Å². The summed E-state index contributed by atoms with van der Waals surface area (Å²) in [7, 11) is 3.78. The van der Waals surface area contributed by atoms with Crippen LogP contribution in [0.5, 0.6) is 0 Å². The zero-order valence-corrected chi connectivity index (χ0v) is 8.16. The molecule has 1 fully saturated rings. The van der Waals surface area contributed by atoms with E-state index >= 15 is 0 Å². The molecule has 1 heterocycles. The third-order valence-electron chi connectivity index (χ3n) is 2.80. The number of nitrogens with zero attached hydrogens (tertiary/aromatic N) is 1. The zero-order valence-electron chi connectivity index (χ0n) is 8.16. The standard InChI is InChI=1S/C9H19NO2/c1-7(12-3)8-6-10(2)5-4-9(8)11/h7-9,11H,4-6H2,1-3H3. The van der Waals surface area contributed by atoms with Gasteiger partial charge in [-0.05, 0) is 20.4 Å². The number of hydrogen-bond donors (Lipinski definition) is 1. The molecule has 1 saturated heterocycles. The van der Waals surface area contributed by atoms with Gasteiger partial charge < -0.3 is 14.7 Å². The molecular formula is C9H19NO2. The first-order chi connectivity index (χ1) is 5.65. The van der Waals surface area contributed by atoms with Gasteiger partial charge in [-0.3, -0.25) is 0 Å². The van der Waals surface area contributed by atoms with Crippen LogP contribution in [0.4, 0.5) is 0 Å². The van der Waals surface area contributed by atoms with Crippen LogP contribution in [0.1, 0.15) is 13.3 Å². The Kier molecular flexibility index (Phi) is 3.50. The number of hydrogen-bond acceptors (Lipinski definition) is 3. The second kappa shape index (κ2) is 4.21. The lowest BCUT2D eigenvalue weighted by molar-refractivity contribution is -0.0425. The normalized spacial score (nSPS) is 35.0. The molecule has 0 aromatic heterocycles. The van der Waals surface area contributed by atoms with Gasteiger partial charge in [0.05, 0.1) is 12.2 Å². The highest BCUT2D eigenvalue weighted by Crippen LogP contribution is 2.20. The molecule has 0 saturated carbocycles. The molecule has 0 radical (unpaired) electrons. The Labute approximate surface area is 74.3 Å². The Hall–Kier alpha value is -0.120. The van der Waals surface area contributed by atoms with Gasteiger partial charge in [-0.1, -0.05) is 0 Å². The van der Waals surface area contributed by atoms with Crippen molar-refractivity contribution in [1.29, 1.82) is 0 Å². The van der Waals surface area contributed by atoms with Crippen molar-refractivity contribution in [3.8, 4) is 0 Å². The van der Waals surface area contributed by atoms with Crippen molar-refractivity contribution in [3.05, 3.63) is 0 Å². The minimum Gasteiger partial charge on any atom is -0.393 e. The molecule has 0 spiro atoms. The Morgan fingerprint density at radius 3 is 2.83 bits per heavy atom. The molecule has 0 aromatic rings. The molecule has 3 nitrogen and oxygen atoms in total. The highest BCUT2D eigenvalue weighted by Gasteiger charge is 2.30. The number of aliphatic hydroxyl groups is 1. The number of aliphatic hydroxyl groups excluding tert-OH is 1. The van der Waals surface area contributed by atoms with Gasteiger partial charge in [0, 0.05) is 26.1 Å². The molecule has 3 unspecified atom stereocenters. The zero-order chi connectivity index (χ0) is 9.14. The first-order valence-electron chi connectivity index (χ1n) is 4.54. The van der Waals surface area contributed by atoms with Crippen LogP contribution >= 0.6 is 0 Å². The number of piperidine rings is 1. The van der Waals surface area contributed by atoms with Crippen molar-refractivity contribution in [1.82, 2.24) is 4.90 Å². The summed E-state index contributed by atoms with van der Waals surface area (Å²) in [4.78, 5) is 2.24. The van der Waals surface area contributed by atoms with E-state index in [1.54, 1.807) is 7.11 Å². The Bertz CT molecular complexity index is 136. The van der Waals surface area contributed by atoms with Crippen molar-refractivity contribution in [2.75, 3.05) is 27.2 Å². The fourth-order valence-electron chi connectivity index (χ4n) is 1.78. The van der Waals surface area contributed by atoms with Crippen LogP contribution < -0.4 is 0 Å². The van der Waals surface area contributed by atoms with Crippen LogP contribution in [0.2, 0.25) is 0 Å². The van der Waals surface area contributed by atoms with Crippen LogP contribution in [0.3, 0.4) is 0 Å². The lowest BCUT2D eigenvalue weighted by atomic mass is 9.90. The maximum Gasteiger partial charge on any atom is 0.0617 e. The van der Waals surface area contributed by atoms with E-state index in [0.717, 1.165) is 19.5 Å². The molecule has 1 N–H and O–H groups in total. The van der Waals surface area contributed by atoms with E-state index in [9.17, 15) is 5.11 Å². The van der Waals surface area contributed by atoms with Crippen LogP contribution in [0.25, 0.3) is 0 Å². The van der Waals surface area contributed by atoms with Gasteiger partial charge >= 0.3 is 0 Å². The van der Waals surface area contributed by atoms with Gasteiger partial charge in [0.25, 0.3) is 0 Å². The van der Waals surface area contributed by atoms with Crippen LogP contribution in [0, 0.1) is 5.92 Å². The molecule has 72 valence electrons. The minimum absolute atomic E-state index is 0.155. The lowest BCUT2D eigenvalue weighted by Crippen LogP contribution is -2.46. The lowest BCUT2D eigenvalue weighted by Gasteiger charge is -2.36. The SMILES string of the molecule is COC(C)C1CN(C)CCC1O. The van der Waals surface area contributed by atoms with Gasteiger partial charge in [-0.2, -0.15) is 0 Å². The average molecular weight is 173 g/mol. The van der Waals surface area contributed by atoms with E-state index in [1.165, 1.54) is 0 Å². The predicted octanol–water partition coefficient (Wildman–Crippen LogP) is 0.334. The van der Waals surface area contributed by atoms with Crippen LogP contribution in [-0.2, 0) is 4.74 Å².